The Morgan fingerprint density at radius 3 is 2.71 bits per heavy atom. The van der Waals surface area contributed by atoms with Crippen LogP contribution in [-0.4, -0.2) is 35.2 Å². The van der Waals surface area contributed by atoms with Crippen molar-refractivity contribution in [1.82, 2.24) is 9.88 Å². The Kier molecular flexibility index (Phi) is 6.41. The van der Waals surface area contributed by atoms with Gasteiger partial charge < -0.3 is 14.3 Å². The van der Waals surface area contributed by atoms with E-state index in [1.165, 1.54) is 6.26 Å². The van der Waals surface area contributed by atoms with Gasteiger partial charge in [0.25, 0.3) is 0 Å². The van der Waals surface area contributed by atoms with Gasteiger partial charge in [0.15, 0.2) is 5.76 Å². The summed E-state index contributed by atoms with van der Waals surface area (Å²) in [6.07, 6.45) is -2.25. The Labute approximate surface area is 159 Å². The number of hydrogen-bond acceptors (Lipinski definition) is 4. The molecule has 0 aromatic carbocycles. The fraction of sp³-hybridized carbons (Fsp3) is 0.333. The molecular weight excluding hydrogens is 375 g/mol. The molecule has 28 heavy (non-hydrogen) atoms. The third-order valence-corrected chi connectivity index (χ3v) is 4.02. The smallest absolute Gasteiger partial charge is 0.462 e. The molecule has 0 fully saturated rings. The zero-order chi connectivity index (χ0) is 20.9. The maximum atomic E-state index is 12.4. The maximum Gasteiger partial charge on any atom is 0.471 e. The maximum absolute atomic E-state index is 12.4. The van der Waals surface area contributed by atoms with Crippen molar-refractivity contribution in [3.63, 3.8) is 0 Å². The van der Waals surface area contributed by atoms with Gasteiger partial charge in [0.1, 0.15) is 18.1 Å². The van der Waals surface area contributed by atoms with Crippen molar-refractivity contribution in [2.75, 3.05) is 6.54 Å². The first-order valence-corrected chi connectivity index (χ1v) is 8.33. The summed E-state index contributed by atoms with van der Waals surface area (Å²) in [5, 5.41) is 18.6. The number of amides is 1. The third kappa shape index (κ3) is 4.31. The van der Waals surface area contributed by atoms with Gasteiger partial charge >= 0.3 is 12.1 Å². The number of carbonyl (C=O) groups excluding carboxylic acids is 1. The number of alkyl halides is 3. The van der Waals surface area contributed by atoms with Crippen LogP contribution >= 0.6 is 0 Å². The highest BCUT2D eigenvalue weighted by Gasteiger charge is 2.38. The van der Waals surface area contributed by atoms with Gasteiger partial charge in [0, 0.05) is 13.1 Å². The predicted molar refractivity (Wildman–Crippen MR) is 96.3 cm³/mol. The number of aromatic nitrogens is 1. The van der Waals surface area contributed by atoms with Crippen molar-refractivity contribution in [3.8, 4) is 17.5 Å². The molecule has 0 aliphatic carbocycles. The molecule has 2 aromatic rings. The van der Waals surface area contributed by atoms with E-state index in [0.29, 0.717) is 29.3 Å². The topological polar surface area (TPSA) is 107 Å². The minimum Gasteiger partial charge on any atom is -0.462 e. The Bertz CT molecular complexity index is 948. The van der Waals surface area contributed by atoms with Crippen molar-refractivity contribution in [1.29, 1.82) is 10.7 Å². The van der Waals surface area contributed by atoms with Crippen LogP contribution in [-0.2, 0) is 11.3 Å². The highest BCUT2D eigenvalue weighted by atomic mass is 19.4. The second kappa shape index (κ2) is 8.56. The second-order valence-electron chi connectivity index (χ2n) is 5.80. The number of aryl methyl sites for hydroxylation is 1. The summed E-state index contributed by atoms with van der Waals surface area (Å²) in [6.45, 7) is 3.20. The molecule has 0 aliphatic heterocycles. The second-order valence-corrected chi connectivity index (χ2v) is 5.80. The Hall–Kier alpha value is -3.35. The fourth-order valence-electron chi connectivity index (χ4n) is 2.76. The fourth-order valence-corrected chi connectivity index (χ4v) is 2.76. The molecule has 0 saturated carbocycles. The van der Waals surface area contributed by atoms with Gasteiger partial charge in [0.05, 0.1) is 23.2 Å². The Morgan fingerprint density at radius 2 is 2.21 bits per heavy atom. The summed E-state index contributed by atoms with van der Waals surface area (Å²) in [5.41, 5.74) is 2.32. The lowest BCUT2D eigenvalue weighted by atomic mass is 10.1. The van der Waals surface area contributed by atoms with Crippen LogP contribution in [0.1, 0.15) is 30.2 Å². The van der Waals surface area contributed by atoms with Crippen LogP contribution in [0.3, 0.4) is 0 Å². The average molecular weight is 393 g/mol. The molecule has 2 aromatic heterocycles. The van der Waals surface area contributed by atoms with E-state index in [-0.39, 0.29) is 18.7 Å². The number of aliphatic imine (C=N–C) groups is 1. The summed E-state index contributed by atoms with van der Waals surface area (Å²) < 4.78 is 44.3. The first kappa shape index (κ1) is 21.0. The van der Waals surface area contributed by atoms with Gasteiger partial charge in [-0.15, -0.1) is 0 Å². The normalized spacial score (nSPS) is 11.9. The lowest BCUT2D eigenvalue weighted by molar-refractivity contribution is -0.173. The van der Waals surface area contributed by atoms with Crippen LogP contribution < -0.4 is 5.32 Å². The molecule has 0 radical (unpaired) electrons. The van der Waals surface area contributed by atoms with Crippen LogP contribution in [0.4, 0.5) is 13.2 Å². The largest absolute Gasteiger partial charge is 0.471 e. The van der Waals surface area contributed by atoms with Crippen molar-refractivity contribution >= 4 is 18.0 Å². The number of rotatable bonds is 7. The lowest BCUT2D eigenvalue weighted by Crippen LogP contribution is -2.38. The number of furan rings is 1. The standard InChI is InChI=1S/C18H18F3N5O2/c1-3-13(25-10-23)14-8-12(9-22)15(16-11(2)4-7-28-16)26(14)6-5-24-17(27)18(19,20)21/h4,7-8,10,23H,3,5-6H2,1-2H3,(H,24,27). The van der Waals surface area contributed by atoms with Crippen LogP contribution in [0.5, 0.6) is 0 Å². The summed E-state index contributed by atoms with van der Waals surface area (Å²) in [7, 11) is 0. The minimum atomic E-state index is -4.98. The van der Waals surface area contributed by atoms with E-state index in [2.05, 4.69) is 11.1 Å². The molecule has 0 aliphatic rings. The van der Waals surface area contributed by atoms with Crippen LogP contribution in [0, 0.1) is 23.7 Å². The molecular formula is C18H18F3N5O2. The van der Waals surface area contributed by atoms with E-state index in [0.717, 1.165) is 11.9 Å². The number of carbonyl (C=O) groups is 1. The molecule has 1 amide bonds. The predicted octanol–water partition coefficient (Wildman–Crippen LogP) is 3.41. The number of nitriles is 1. The molecule has 7 nitrogen and oxygen atoms in total. The number of nitrogens with zero attached hydrogens (tertiary/aromatic N) is 3. The highest BCUT2D eigenvalue weighted by molar-refractivity contribution is 6.03. The molecule has 0 atom stereocenters. The van der Waals surface area contributed by atoms with E-state index in [1.54, 1.807) is 30.5 Å². The zero-order valence-corrected chi connectivity index (χ0v) is 15.2. The Balaban J connectivity index is 2.53. The summed E-state index contributed by atoms with van der Waals surface area (Å²) in [6, 6.07) is 5.31. The SMILES string of the molecule is CCC(=NC=N)c1cc(C#N)c(-c2occc2C)n1CCNC(=O)C(F)(F)F. The minimum absolute atomic E-state index is 0.0503. The van der Waals surface area contributed by atoms with Crippen molar-refractivity contribution in [2.24, 2.45) is 4.99 Å². The number of halogens is 3. The van der Waals surface area contributed by atoms with Crippen molar-refractivity contribution in [2.45, 2.75) is 33.0 Å². The van der Waals surface area contributed by atoms with Gasteiger partial charge in [-0.2, -0.15) is 18.4 Å². The van der Waals surface area contributed by atoms with Crippen LogP contribution in [0.15, 0.2) is 27.8 Å². The van der Waals surface area contributed by atoms with Crippen molar-refractivity contribution < 1.29 is 22.4 Å². The van der Waals surface area contributed by atoms with Gasteiger partial charge in [-0.1, -0.05) is 6.92 Å². The lowest BCUT2D eigenvalue weighted by Gasteiger charge is -2.15. The molecule has 2 N–H and O–H groups in total. The van der Waals surface area contributed by atoms with Gasteiger partial charge in [-0.3, -0.25) is 10.2 Å². The van der Waals surface area contributed by atoms with Crippen LogP contribution in [0.2, 0.25) is 0 Å². The van der Waals surface area contributed by atoms with Gasteiger partial charge in [-0.25, -0.2) is 4.99 Å². The highest BCUT2D eigenvalue weighted by Crippen LogP contribution is 2.31. The van der Waals surface area contributed by atoms with E-state index >= 15 is 0 Å². The number of hydrogen-bond donors (Lipinski definition) is 2. The summed E-state index contributed by atoms with van der Waals surface area (Å²) in [5.74, 6) is -1.64. The van der Waals surface area contributed by atoms with Crippen LogP contribution in [0.25, 0.3) is 11.5 Å². The molecule has 10 heteroatoms. The van der Waals surface area contributed by atoms with Gasteiger partial charge in [-0.05, 0) is 31.0 Å². The van der Waals surface area contributed by atoms with E-state index < -0.39 is 12.1 Å². The third-order valence-electron chi connectivity index (χ3n) is 4.02. The van der Waals surface area contributed by atoms with E-state index in [1.807, 2.05) is 5.32 Å². The summed E-state index contributed by atoms with van der Waals surface area (Å²) >= 11 is 0. The quantitative estimate of drug-likeness (QED) is 0.556. The van der Waals surface area contributed by atoms with E-state index in [4.69, 9.17) is 9.83 Å². The molecule has 2 rings (SSSR count). The summed E-state index contributed by atoms with van der Waals surface area (Å²) in [4.78, 5) is 15.1. The monoisotopic (exact) mass is 393 g/mol. The average Bonchev–Trinajstić information content (AvgIpc) is 3.21. The molecule has 0 bridgehead atoms. The molecule has 0 spiro atoms. The van der Waals surface area contributed by atoms with Gasteiger partial charge in [0.2, 0.25) is 0 Å². The Morgan fingerprint density at radius 1 is 1.50 bits per heavy atom. The van der Waals surface area contributed by atoms with Crippen molar-refractivity contribution in [3.05, 3.63) is 35.2 Å². The molecule has 148 valence electrons. The van der Waals surface area contributed by atoms with E-state index in [9.17, 15) is 23.2 Å². The molecule has 2 heterocycles. The first-order valence-electron chi connectivity index (χ1n) is 8.33. The molecule has 0 unspecified atom stereocenters. The first-order chi connectivity index (χ1) is 13.2. The number of nitrogens with one attached hydrogen (secondary N) is 2. The molecule has 0 saturated heterocycles. The zero-order valence-electron chi connectivity index (χ0n) is 15.2.